The lowest BCUT2D eigenvalue weighted by Crippen LogP contribution is -2.64. The van der Waals surface area contributed by atoms with E-state index in [1.807, 2.05) is 0 Å². The predicted molar refractivity (Wildman–Crippen MR) is 233 cm³/mol. The van der Waals surface area contributed by atoms with E-state index in [0.29, 0.717) is 6.42 Å². The van der Waals surface area contributed by atoms with E-state index >= 15 is 0 Å². The third-order valence-corrected chi connectivity index (χ3v) is 9.52. The van der Waals surface area contributed by atoms with Crippen LogP contribution in [0.15, 0.2) is 0 Å². The lowest BCUT2D eigenvalue weighted by atomic mass is 9.85. The van der Waals surface area contributed by atoms with Crippen molar-refractivity contribution >= 4 is 27.6 Å². The molecule has 58 heavy (non-hydrogen) atoms. The first kappa shape index (κ1) is 54.3. The molecule has 8 atom stereocenters. The number of hydrogen-bond donors (Lipinski definition) is 8. The molecule has 0 saturated heterocycles. The highest BCUT2D eigenvalue weighted by Crippen LogP contribution is 2.49. The normalized spacial score (nSPS) is 20.8. The zero-order valence-corrected chi connectivity index (χ0v) is 34.6. The van der Waals surface area contributed by atoms with Crippen LogP contribution in [-0.2, 0) is 41.8 Å². The van der Waals surface area contributed by atoms with Gasteiger partial charge in [-0.05, 0) is 72.5 Å². The Bertz CT molecular complexity index is 1790. The lowest BCUT2D eigenvalue weighted by molar-refractivity contribution is -0.216. The summed E-state index contributed by atoms with van der Waals surface area (Å²) in [6.07, 6.45) is -1.05. The predicted octanol–water partition coefficient (Wildman–Crippen LogP) is 5.27. The number of unbranched alkanes of at least 4 members (excludes halogenated alkanes) is 12. The second-order valence-electron chi connectivity index (χ2n) is 12.7. The van der Waals surface area contributed by atoms with Gasteiger partial charge in [-0.1, -0.05) is 89.9 Å². The molecule has 0 aliphatic heterocycles. The van der Waals surface area contributed by atoms with E-state index in [9.17, 15) is 44.0 Å². The van der Waals surface area contributed by atoms with Crippen LogP contribution >= 0.6 is 15.6 Å². The van der Waals surface area contributed by atoms with Crippen LogP contribution in [0.5, 0.6) is 0 Å². The Morgan fingerprint density at radius 1 is 0.621 bits per heavy atom. The number of phosphoric acid groups is 2. The Labute approximate surface area is 357 Å². The van der Waals surface area contributed by atoms with Crippen molar-refractivity contribution in [2.24, 2.45) is 0 Å². The molecule has 0 radical (unpaired) electrons. The minimum Gasteiger partial charge on any atom is -0.456 e. The smallest absolute Gasteiger partial charge is 0.456 e. The minimum absolute atomic E-state index is 0. The van der Waals surface area contributed by atoms with E-state index in [4.69, 9.17) is 28.3 Å². The molecule has 1 aliphatic carbocycles. The topological polar surface area (TPSA) is 291 Å². The number of hydrogen-bond acceptors (Lipinski definition) is 14. The van der Waals surface area contributed by atoms with Crippen molar-refractivity contribution in [1.29, 1.82) is 0 Å². The molecule has 0 aromatic heterocycles. The third-order valence-electron chi connectivity index (χ3n) is 8.02. The Morgan fingerprint density at radius 3 is 1.55 bits per heavy atom. The van der Waals surface area contributed by atoms with Gasteiger partial charge in [0.1, 0.15) is 43.2 Å². The summed E-state index contributed by atoms with van der Waals surface area (Å²) in [6.45, 7) is 2.15. The molecule has 0 heterocycles. The second kappa shape index (κ2) is 31.3. The van der Waals surface area contributed by atoms with Crippen LogP contribution in [0.2, 0.25) is 0 Å². The number of phosphoric ester groups is 2. The molecular weight excluding hydrogens is 800 g/mol. The number of ether oxygens (including phenoxy) is 2. The van der Waals surface area contributed by atoms with Crippen LogP contribution in [0.4, 0.5) is 0 Å². The highest BCUT2D eigenvalue weighted by atomic mass is 31.2. The van der Waals surface area contributed by atoms with Gasteiger partial charge in [0.25, 0.3) is 0 Å². The fourth-order valence-corrected chi connectivity index (χ4v) is 6.74. The molecule has 10 N–H and O–H groups in total. The Morgan fingerprint density at radius 2 is 1.07 bits per heavy atom. The zero-order valence-electron chi connectivity index (χ0n) is 32.8. The number of aliphatic hydroxyl groups excluding tert-OH is 4. The van der Waals surface area contributed by atoms with E-state index in [1.54, 1.807) is 6.92 Å². The first-order valence-electron chi connectivity index (χ1n) is 18.5. The maximum absolute atomic E-state index is 12.9. The Kier molecular flexibility index (Phi) is 29.3. The van der Waals surface area contributed by atoms with E-state index < -0.39 is 83.5 Å². The number of aliphatic hydroxyl groups is 4. The molecule has 0 spiro atoms. The van der Waals surface area contributed by atoms with Crippen LogP contribution in [0.25, 0.3) is 0 Å². The average Bonchev–Trinajstić information content (AvgIpc) is 3.16. The summed E-state index contributed by atoms with van der Waals surface area (Å²) in [5, 5.41) is 40.9. The molecule has 344 valence electrons. The molecule has 1 aliphatic rings. The Balaban J connectivity index is -0.000000271. The lowest BCUT2D eigenvalue weighted by Gasteiger charge is -2.43. The molecule has 1 rings (SSSR count). The standard InChI is InChI=1S/C39H52O16P2.H3N.11H2/c1-3-5-7-9-11-13-15-16-18-20-22-24-26-28-33(41)53-31(29-51-32(40)27-25-23-21-19-17-14-12-10-8-6-4-2)30-52-57(49,50)55-39-36(44)34(42)35(43)38(37(39)45)54-56(46,47)48;;;;;;;;;;;;/h31,34-39,42-45H,3,5,7,9,11,13,15-16,18,20,22,24,26,28-30H2,1-2H3,(H,49,50)(H2,46,47,48);1H3;11*1H/t31-,34-,35?,36-,37?,38+,39?;;;;;;;;;;;;/m1............/s1. The van der Waals surface area contributed by atoms with E-state index in [1.165, 1.54) is 44.9 Å². The third kappa shape index (κ3) is 25.6. The fourth-order valence-electron chi connectivity index (χ4n) is 5.20. The van der Waals surface area contributed by atoms with E-state index in [0.717, 1.165) is 32.1 Å². The maximum atomic E-state index is 12.9. The van der Waals surface area contributed by atoms with Gasteiger partial charge < -0.3 is 50.7 Å². The van der Waals surface area contributed by atoms with Gasteiger partial charge >= 0.3 is 27.6 Å². The zero-order chi connectivity index (χ0) is 42.5. The van der Waals surface area contributed by atoms with Gasteiger partial charge in [0, 0.05) is 28.0 Å². The van der Waals surface area contributed by atoms with E-state index in [2.05, 4.69) is 82.5 Å². The van der Waals surface area contributed by atoms with Crippen LogP contribution < -0.4 is 6.15 Å². The highest BCUT2D eigenvalue weighted by molar-refractivity contribution is 7.47. The van der Waals surface area contributed by atoms with Crippen molar-refractivity contribution in [2.75, 3.05) is 13.2 Å². The molecule has 1 saturated carbocycles. The summed E-state index contributed by atoms with van der Waals surface area (Å²) in [4.78, 5) is 53.5. The van der Waals surface area contributed by atoms with Crippen molar-refractivity contribution in [3.05, 3.63) is 0 Å². The van der Waals surface area contributed by atoms with Crippen molar-refractivity contribution in [2.45, 2.75) is 146 Å². The number of esters is 2. The molecule has 0 aromatic rings. The van der Waals surface area contributed by atoms with Crippen molar-refractivity contribution in [3.8, 4) is 71.0 Å². The van der Waals surface area contributed by atoms with Gasteiger partial charge in [-0.2, -0.15) is 0 Å². The second-order valence-corrected chi connectivity index (χ2v) is 15.3. The molecule has 17 nitrogen and oxygen atoms in total. The van der Waals surface area contributed by atoms with Gasteiger partial charge in [-0.25, -0.2) is 13.9 Å². The largest absolute Gasteiger partial charge is 0.472 e. The number of carbonyl (C=O) groups is 2. The van der Waals surface area contributed by atoms with Crippen LogP contribution in [-0.4, -0.2) is 103 Å². The maximum Gasteiger partial charge on any atom is 0.472 e. The monoisotopic (exact) mass is 877 g/mol. The number of carbonyl (C=O) groups excluding carboxylic acids is 2. The first-order valence-corrected chi connectivity index (χ1v) is 21.5. The quantitative estimate of drug-likeness (QED) is 0.0201. The van der Waals surface area contributed by atoms with Crippen LogP contribution in [0.1, 0.15) is 119 Å². The fraction of sp³-hybridized carbons (Fsp3) is 0.641. The molecule has 19 heteroatoms. The van der Waals surface area contributed by atoms with Gasteiger partial charge in [0.2, 0.25) is 0 Å². The summed E-state index contributed by atoms with van der Waals surface area (Å²) >= 11 is 0. The van der Waals surface area contributed by atoms with Crippen LogP contribution in [0, 0.1) is 71.0 Å². The molecular formula is C39H77NO16P2. The van der Waals surface area contributed by atoms with Crippen molar-refractivity contribution in [3.63, 3.8) is 0 Å². The van der Waals surface area contributed by atoms with Gasteiger partial charge in [0.05, 0.1) is 6.61 Å². The summed E-state index contributed by atoms with van der Waals surface area (Å²) in [7, 11) is -10.8. The van der Waals surface area contributed by atoms with Crippen molar-refractivity contribution in [1.82, 2.24) is 6.15 Å². The molecule has 4 unspecified atom stereocenters. The summed E-state index contributed by atoms with van der Waals surface area (Å²) < 4.78 is 48.4. The van der Waals surface area contributed by atoms with Crippen molar-refractivity contribution < 1.29 is 92.6 Å². The van der Waals surface area contributed by atoms with Gasteiger partial charge in [-0.15, -0.1) is 0 Å². The summed E-state index contributed by atoms with van der Waals surface area (Å²) in [5.41, 5.74) is 0. The van der Waals surface area contributed by atoms with Gasteiger partial charge in [0.15, 0.2) is 6.10 Å². The first-order chi connectivity index (χ1) is 27.1. The molecule has 1 fully saturated rings. The highest BCUT2D eigenvalue weighted by Gasteiger charge is 2.54. The molecule has 0 bridgehead atoms. The van der Waals surface area contributed by atoms with Gasteiger partial charge in [-0.3, -0.25) is 18.4 Å². The molecule has 0 aromatic carbocycles. The average molecular weight is 878 g/mol. The van der Waals surface area contributed by atoms with Crippen LogP contribution in [0.3, 0.4) is 0 Å². The number of rotatable bonds is 24. The summed E-state index contributed by atoms with van der Waals surface area (Å²) in [5.74, 6) is 26.6. The summed E-state index contributed by atoms with van der Waals surface area (Å²) in [6, 6.07) is 0. The SMILES string of the molecule is CC#CC#CC#CC#CC#CC#CC(=O)OC[C@H](COP(=O)(O)OC1C(O)[C@@H](OP(=O)(O)O)C(O)[C@@H](O)[C@H]1O)OC(=O)CCCCCCCCCCCCCCC.N.[HH].[HH].[HH].[HH].[HH].[HH].[HH].[HH].[HH].[HH].[HH]. The molecule has 0 amide bonds. The van der Waals surface area contributed by atoms with E-state index in [-0.39, 0.29) is 28.3 Å². The minimum atomic E-state index is -5.39. The Hall–Kier alpha value is -3.68.